The van der Waals surface area contributed by atoms with Crippen LogP contribution in [0.25, 0.3) is 0 Å². The van der Waals surface area contributed by atoms with Gasteiger partial charge in [-0.2, -0.15) is 0 Å². The van der Waals surface area contributed by atoms with Crippen LogP contribution >= 0.6 is 0 Å². The molecule has 2 atom stereocenters. The van der Waals surface area contributed by atoms with Crippen molar-refractivity contribution in [3.63, 3.8) is 0 Å². The van der Waals surface area contributed by atoms with E-state index in [0.717, 1.165) is 13.1 Å². The lowest BCUT2D eigenvalue weighted by molar-refractivity contribution is -0.0180. The van der Waals surface area contributed by atoms with E-state index in [9.17, 15) is 5.11 Å². The summed E-state index contributed by atoms with van der Waals surface area (Å²) in [7, 11) is 0. The van der Waals surface area contributed by atoms with Gasteiger partial charge in [-0.05, 0) is 25.7 Å². The molecule has 1 rings (SSSR count). The number of aliphatic hydroxyl groups excluding tert-OH is 1. The lowest BCUT2D eigenvalue weighted by atomic mass is 9.88. The lowest BCUT2D eigenvalue weighted by Gasteiger charge is -2.40. The smallest absolute Gasteiger partial charge is 0.0615 e. The van der Waals surface area contributed by atoms with E-state index in [0.29, 0.717) is 17.9 Å². The Kier molecular flexibility index (Phi) is 11.5. The Hall–Kier alpha value is -0.0800. The number of nitrogens with zero attached hydrogens (tertiary/aromatic N) is 1. The van der Waals surface area contributed by atoms with E-state index >= 15 is 0 Å². The monoisotopic (exact) mass is 231 g/mol. The first kappa shape index (κ1) is 18.3. The molecule has 1 fully saturated rings. The molecule has 1 aliphatic rings. The number of hydrogen-bond donors (Lipinski definition) is 1. The van der Waals surface area contributed by atoms with E-state index in [4.69, 9.17) is 0 Å². The highest BCUT2D eigenvalue weighted by Crippen LogP contribution is 2.22. The molecule has 2 heteroatoms. The summed E-state index contributed by atoms with van der Waals surface area (Å²) in [5.41, 5.74) is 0. The van der Waals surface area contributed by atoms with Crippen molar-refractivity contribution >= 4 is 0 Å². The second-order valence-electron chi connectivity index (χ2n) is 4.49. The van der Waals surface area contributed by atoms with Crippen LogP contribution in [0, 0.1) is 11.8 Å². The first-order valence-electron chi connectivity index (χ1n) is 6.94. The van der Waals surface area contributed by atoms with Crippen LogP contribution in [-0.2, 0) is 0 Å². The molecule has 0 saturated carbocycles. The Bertz CT molecular complexity index is 136. The molecule has 16 heavy (non-hydrogen) atoms. The largest absolute Gasteiger partial charge is 0.392 e. The van der Waals surface area contributed by atoms with Crippen molar-refractivity contribution in [3.8, 4) is 0 Å². The second-order valence-corrected chi connectivity index (χ2v) is 4.49. The Balaban J connectivity index is 0. The van der Waals surface area contributed by atoms with Crippen LogP contribution in [-0.4, -0.2) is 35.2 Å². The molecule has 100 valence electrons. The Morgan fingerprint density at radius 1 is 0.938 bits per heavy atom. The van der Waals surface area contributed by atoms with Crippen molar-refractivity contribution in [3.05, 3.63) is 0 Å². The first-order valence-corrected chi connectivity index (χ1v) is 6.94. The van der Waals surface area contributed by atoms with Crippen molar-refractivity contribution in [2.75, 3.05) is 13.1 Å². The summed E-state index contributed by atoms with van der Waals surface area (Å²) in [6, 6.07) is 0.613. The molecule has 0 aromatic rings. The minimum atomic E-state index is -0.0972. The quantitative estimate of drug-likeness (QED) is 0.747. The van der Waals surface area contributed by atoms with Crippen LogP contribution in [0.3, 0.4) is 0 Å². The first-order chi connectivity index (χ1) is 7.52. The molecule has 2 nitrogen and oxygen atoms in total. The van der Waals surface area contributed by atoms with Gasteiger partial charge in [-0.3, -0.25) is 0 Å². The zero-order chi connectivity index (χ0) is 13.3. The van der Waals surface area contributed by atoms with E-state index in [1.54, 1.807) is 0 Å². The summed E-state index contributed by atoms with van der Waals surface area (Å²) in [6.07, 6.45) is -0.0972. The zero-order valence-corrected chi connectivity index (χ0v) is 12.6. The van der Waals surface area contributed by atoms with Crippen LogP contribution < -0.4 is 0 Å². The van der Waals surface area contributed by atoms with E-state index in [1.165, 1.54) is 0 Å². The fourth-order valence-electron chi connectivity index (χ4n) is 2.01. The molecular formula is C14H33NO. The summed E-state index contributed by atoms with van der Waals surface area (Å²) < 4.78 is 0. The third-order valence-electron chi connectivity index (χ3n) is 2.94. The maximum Gasteiger partial charge on any atom is 0.0615 e. The predicted octanol–water partition coefficient (Wildman–Crippen LogP) is 3.40. The molecule has 2 unspecified atom stereocenters. The summed E-state index contributed by atoms with van der Waals surface area (Å²) in [6.45, 7) is 18.8. The summed E-state index contributed by atoms with van der Waals surface area (Å²) in [5.74, 6) is 0.854. The van der Waals surface area contributed by atoms with E-state index in [2.05, 4.69) is 32.6 Å². The Morgan fingerprint density at radius 2 is 1.25 bits per heavy atom. The summed E-state index contributed by atoms with van der Waals surface area (Å²) in [5, 5.41) is 9.72. The maximum absolute atomic E-state index is 9.72. The molecule has 0 aromatic heterocycles. The Morgan fingerprint density at radius 3 is 1.50 bits per heavy atom. The van der Waals surface area contributed by atoms with Gasteiger partial charge >= 0.3 is 0 Å². The average molecular weight is 231 g/mol. The van der Waals surface area contributed by atoms with Crippen LogP contribution in [0.1, 0.15) is 55.4 Å². The molecule has 1 saturated heterocycles. The molecule has 0 spiro atoms. The standard InChI is InChI=1S/C10H21NO.2C2H6/c1-7(2)11-5-8(3)10(12)9(4)6-11;2*1-2/h7-10,12H,5-6H2,1-4H3;2*1-2H3. The van der Waals surface area contributed by atoms with Gasteiger partial charge in [0.2, 0.25) is 0 Å². The number of rotatable bonds is 1. The highest BCUT2D eigenvalue weighted by atomic mass is 16.3. The highest BCUT2D eigenvalue weighted by Gasteiger charge is 2.30. The fourth-order valence-corrected chi connectivity index (χ4v) is 2.01. The maximum atomic E-state index is 9.72. The number of likely N-dealkylation sites (tertiary alicyclic amines) is 1. The number of hydrogen-bond acceptors (Lipinski definition) is 2. The van der Waals surface area contributed by atoms with Crippen LogP contribution in [0.15, 0.2) is 0 Å². The molecule has 0 aromatic carbocycles. The van der Waals surface area contributed by atoms with Crippen molar-refractivity contribution in [1.82, 2.24) is 4.90 Å². The van der Waals surface area contributed by atoms with Crippen LogP contribution in [0.5, 0.6) is 0 Å². The third-order valence-corrected chi connectivity index (χ3v) is 2.94. The third kappa shape index (κ3) is 5.86. The van der Waals surface area contributed by atoms with Gasteiger partial charge in [0.15, 0.2) is 0 Å². The highest BCUT2D eigenvalue weighted by molar-refractivity contribution is 4.83. The van der Waals surface area contributed by atoms with Crippen molar-refractivity contribution in [2.45, 2.75) is 67.5 Å². The summed E-state index contributed by atoms with van der Waals surface area (Å²) in [4.78, 5) is 2.45. The van der Waals surface area contributed by atoms with Gasteiger partial charge in [0, 0.05) is 19.1 Å². The Labute approximate surface area is 103 Å². The molecule has 1 heterocycles. The second kappa shape index (κ2) is 10.1. The molecule has 0 radical (unpaired) electrons. The molecule has 0 bridgehead atoms. The molecular weight excluding hydrogens is 198 g/mol. The number of piperidine rings is 1. The molecule has 0 amide bonds. The van der Waals surface area contributed by atoms with Gasteiger partial charge in [-0.15, -0.1) is 0 Å². The zero-order valence-electron chi connectivity index (χ0n) is 12.6. The molecule has 1 aliphatic heterocycles. The van der Waals surface area contributed by atoms with Crippen LogP contribution in [0.4, 0.5) is 0 Å². The van der Waals surface area contributed by atoms with Gasteiger partial charge in [0.25, 0.3) is 0 Å². The topological polar surface area (TPSA) is 23.5 Å². The molecule has 1 N–H and O–H groups in total. The van der Waals surface area contributed by atoms with E-state index in [-0.39, 0.29) is 6.10 Å². The van der Waals surface area contributed by atoms with Gasteiger partial charge in [0.1, 0.15) is 0 Å². The van der Waals surface area contributed by atoms with Crippen molar-refractivity contribution in [1.29, 1.82) is 0 Å². The lowest BCUT2D eigenvalue weighted by Crippen LogP contribution is -2.49. The molecule has 0 aliphatic carbocycles. The number of aliphatic hydroxyl groups is 1. The van der Waals surface area contributed by atoms with E-state index in [1.807, 2.05) is 27.7 Å². The minimum Gasteiger partial charge on any atom is -0.392 e. The van der Waals surface area contributed by atoms with Gasteiger partial charge in [-0.25, -0.2) is 0 Å². The minimum absolute atomic E-state index is 0.0972. The average Bonchev–Trinajstić information content (AvgIpc) is 2.30. The van der Waals surface area contributed by atoms with Gasteiger partial charge in [0.05, 0.1) is 6.10 Å². The van der Waals surface area contributed by atoms with Crippen molar-refractivity contribution < 1.29 is 5.11 Å². The van der Waals surface area contributed by atoms with Gasteiger partial charge < -0.3 is 10.0 Å². The van der Waals surface area contributed by atoms with Crippen molar-refractivity contribution in [2.24, 2.45) is 11.8 Å². The van der Waals surface area contributed by atoms with Gasteiger partial charge in [-0.1, -0.05) is 41.5 Å². The normalized spacial score (nSPS) is 30.0. The fraction of sp³-hybridized carbons (Fsp3) is 1.00. The summed E-state index contributed by atoms with van der Waals surface area (Å²) >= 11 is 0. The van der Waals surface area contributed by atoms with E-state index < -0.39 is 0 Å². The van der Waals surface area contributed by atoms with Crippen LogP contribution in [0.2, 0.25) is 0 Å². The predicted molar refractivity (Wildman–Crippen MR) is 73.7 cm³/mol. The SMILES string of the molecule is CC.CC.CC1CN(C(C)C)CC(C)C1O.